The number of nitrogens with two attached hydrogens (primary N) is 1. The third kappa shape index (κ3) is 2.82. The van der Waals surface area contributed by atoms with Gasteiger partial charge in [0, 0.05) is 5.92 Å². The van der Waals surface area contributed by atoms with Gasteiger partial charge in [-0.25, -0.2) is 0 Å². The molecule has 4 nitrogen and oxygen atoms in total. The number of oxime groups is 1. The Morgan fingerprint density at radius 1 is 1.28 bits per heavy atom. The molecule has 100 valence electrons. The summed E-state index contributed by atoms with van der Waals surface area (Å²) in [6.07, 6.45) is 1.04. The van der Waals surface area contributed by atoms with Crippen molar-refractivity contribution in [2.45, 2.75) is 39.2 Å². The van der Waals surface area contributed by atoms with Gasteiger partial charge in [-0.3, -0.25) is 0 Å². The Hall–Kier alpha value is -1.55. The number of hydrogen-bond acceptors (Lipinski definition) is 3. The van der Waals surface area contributed by atoms with Crippen LogP contribution in [0.4, 0.5) is 0 Å². The summed E-state index contributed by atoms with van der Waals surface area (Å²) in [5, 5.41) is 21.8. The normalized spacial score (nSPS) is 26.9. The highest BCUT2D eigenvalue weighted by Gasteiger charge is 2.45. The number of benzene rings is 1. The van der Waals surface area contributed by atoms with E-state index in [0.29, 0.717) is 12.8 Å². The van der Waals surface area contributed by atoms with Crippen molar-refractivity contribution in [3.8, 4) is 0 Å². The van der Waals surface area contributed by atoms with Crippen molar-refractivity contribution in [3.05, 3.63) is 35.4 Å². The van der Waals surface area contributed by atoms with Crippen LogP contribution in [-0.4, -0.2) is 16.1 Å². The molecule has 4 N–H and O–H groups in total. The van der Waals surface area contributed by atoms with E-state index in [0.717, 1.165) is 5.56 Å². The summed E-state index contributed by atoms with van der Waals surface area (Å²) in [6.45, 7) is 6.01. The zero-order valence-corrected chi connectivity index (χ0v) is 11.2. The van der Waals surface area contributed by atoms with Gasteiger partial charge < -0.3 is 16.0 Å². The minimum absolute atomic E-state index is 0.0173. The number of hydrogen-bond donors (Lipinski definition) is 3. The van der Waals surface area contributed by atoms with Crippen LogP contribution >= 0.6 is 0 Å². The predicted octanol–water partition coefficient (Wildman–Crippen LogP) is 2.37. The molecule has 2 rings (SSSR count). The highest BCUT2D eigenvalue weighted by atomic mass is 16.4. The topological polar surface area (TPSA) is 78.8 Å². The lowest BCUT2D eigenvalue weighted by Gasteiger charge is -2.43. The fourth-order valence-electron chi connectivity index (χ4n) is 2.15. The number of aryl methyl sites for hydroxylation is 1. The number of rotatable bonds is 2. The Labute approximate surface area is 108 Å². The van der Waals surface area contributed by atoms with Crippen LogP contribution in [0.1, 0.15) is 37.8 Å². The van der Waals surface area contributed by atoms with Crippen molar-refractivity contribution in [3.63, 3.8) is 0 Å². The van der Waals surface area contributed by atoms with Crippen LogP contribution in [0.25, 0.3) is 0 Å². The van der Waals surface area contributed by atoms with Gasteiger partial charge in [0.2, 0.25) is 0 Å². The number of nitrogens with zero attached hydrogens (tertiary/aromatic N) is 1. The first kappa shape index (κ1) is 14.5. The second-order valence-electron chi connectivity index (χ2n) is 4.53. The molecule has 1 aromatic rings. The molecule has 0 aliphatic heterocycles. The molecule has 1 fully saturated rings. The summed E-state index contributed by atoms with van der Waals surface area (Å²) in [6, 6.07) is 7.81. The Bertz CT molecular complexity index is 406. The molecule has 0 amide bonds. The molecule has 1 aliphatic rings. The minimum atomic E-state index is -0.812. The summed E-state index contributed by atoms with van der Waals surface area (Å²) in [5.41, 5.74) is 6.75. The van der Waals surface area contributed by atoms with Gasteiger partial charge in [0.1, 0.15) is 5.84 Å². The van der Waals surface area contributed by atoms with Crippen LogP contribution < -0.4 is 5.73 Å². The molecule has 1 aliphatic carbocycles. The minimum Gasteiger partial charge on any atom is -0.409 e. The quantitative estimate of drug-likeness (QED) is 0.326. The van der Waals surface area contributed by atoms with Crippen LogP contribution in [0.2, 0.25) is 0 Å². The number of amidine groups is 1. The molecule has 0 aromatic heterocycles. The third-order valence-electron chi connectivity index (χ3n) is 3.29. The SMILES string of the molecule is CC.Cc1ccc(C2(O)CC(/C(N)=N/O)C2)cc1. The Kier molecular flexibility index (Phi) is 4.73. The molecule has 4 heteroatoms. The highest BCUT2D eigenvalue weighted by molar-refractivity contribution is 5.83. The highest BCUT2D eigenvalue weighted by Crippen LogP contribution is 2.45. The summed E-state index contributed by atoms with van der Waals surface area (Å²) >= 11 is 0. The average molecular weight is 250 g/mol. The summed E-state index contributed by atoms with van der Waals surface area (Å²) < 4.78 is 0. The lowest BCUT2D eigenvalue weighted by atomic mass is 9.67. The standard InChI is InChI=1S/C12H16N2O2.C2H6/c1-8-2-4-10(5-3-8)12(15)6-9(7-12)11(13)14-16;1-2/h2-5,9,15-16H,6-7H2,1H3,(H2,13,14);1-2H3. The Balaban J connectivity index is 0.000000771. The van der Waals surface area contributed by atoms with Gasteiger partial charge in [0.15, 0.2) is 0 Å². The first-order valence-electron chi connectivity index (χ1n) is 6.32. The molecule has 1 aromatic carbocycles. The van der Waals surface area contributed by atoms with Crippen LogP contribution in [0.3, 0.4) is 0 Å². The van der Waals surface area contributed by atoms with E-state index in [1.54, 1.807) is 0 Å². The van der Waals surface area contributed by atoms with Gasteiger partial charge in [-0.05, 0) is 25.3 Å². The van der Waals surface area contributed by atoms with Crippen molar-refractivity contribution >= 4 is 5.84 Å². The van der Waals surface area contributed by atoms with Crippen molar-refractivity contribution in [2.24, 2.45) is 16.8 Å². The molecule has 0 radical (unpaired) electrons. The molecule has 0 saturated heterocycles. The molecular formula is C14H22N2O2. The van der Waals surface area contributed by atoms with E-state index in [1.807, 2.05) is 45.0 Å². The first-order valence-corrected chi connectivity index (χ1v) is 6.32. The monoisotopic (exact) mass is 250 g/mol. The van der Waals surface area contributed by atoms with Crippen molar-refractivity contribution in [1.29, 1.82) is 0 Å². The van der Waals surface area contributed by atoms with Crippen molar-refractivity contribution in [1.82, 2.24) is 0 Å². The van der Waals surface area contributed by atoms with Crippen LogP contribution in [0, 0.1) is 12.8 Å². The van der Waals surface area contributed by atoms with Gasteiger partial charge in [-0.15, -0.1) is 0 Å². The van der Waals surface area contributed by atoms with Crippen LogP contribution in [-0.2, 0) is 5.60 Å². The third-order valence-corrected chi connectivity index (χ3v) is 3.29. The molecule has 0 heterocycles. The average Bonchev–Trinajstić information content (AvgIpc) is 2.37. The Morgan fingerprint density at radius 3 is 2.22 bits per heavy atom. The molecule has 1 saturated carbocycles. The van der Waals surface area contributed by atoms with Gasteiger partial charge in [-0.2, -0.15) is 0 Å². The van der Waals surface area contributed by atoms with Crippen molar-refractivity contribution < 1.29 is 10.3 Å². The van der Waals surface area contributed by atoms with Gasteiger partial charge >= 0.3 is 0 Å². The fraction of sp³-hybridized carbons (Fsp3) is 0.500. The maximum absolute atomic E-state index is 10.3. The van der Waals surface area contributed by atoms with Gasteiger partial charge in [0.05, 0.1) is 5.60 Å². The van der Waals surface area contributed by atoms with E-state index in [-0.39, 0.29) is 11.8 Å². The predicted molar refractivity (Wildman–Crippen MR) is 72.6 cm³/mol. The number of aliphatic hydroxyl groups is 1. The summed E-state index contributed by atoms with van der Waals surface area (Å²) in [7, 11) is 0. The lowest BCUT2D eigenvalue weighted by Crippen LogP contribution is -2.46. The summed E-state index contributed by atoms with van der Waals surface area (Å²) in [4.78, 5) is 0. The van der Waals surface area contributed by atoms with Gasteiger partial charge in [-0.1, -0.05) is 48.8 Å². The van der Waals surface area contributed by atoms with Crippen LogP contribution in [0.15, 0.2) is 29.4 Å². The summed E-state index contributed by atoms with van der Waals surface area (Å²) in [5.74, 6) is 0.188. The maximum Gasteiger partial charge on any atom is 0.142 e. The lowest BCUT2D eigenvalue weighted by molar-refractivity contribution is -0.0602. The fourth-order valence-corrected chi connectivity index (χ4v) is 2.15. The first-order chi connectivity index (χ1) is 8.55. The molecule has 0 spiro atoms. The van der Waals surface area contributed by atoms with Crippen molar-refractivity contribution in [2.75, 3.05) is 0 Å². The second kappa shape index (κ2) is 5.87. The van der Waals surface area contributed by atoms with Crippen LogP contribution in [0.5, 0.6) is 0 Å². The molecular weight excluding hydrogens is 228 g/mol. The van der Waals surface area contributed by atoms with E-state index in [9.17, 15) is 5.11 Å². The molecule has 0 unspecified atom stereocenters. The zero-order valence-electron chi connectivity index (χ0n) is 11.2. The Morgan fingerprint density at radius 2 is 1.78 bits per heavy atom. The largest absolute Gasteiger partial charge is 0.409 e. The van der Waals surface area contributed by atoms with E-state index in [4.69, 9.17) is 10.9 Å². The molecule has 0 atom stereocenters. The van der Waals surface area contributed by atoms with Gasteiger partial charge in [0.25, 0.3) is 0 Å². The van der Waals surface area contributed by atoms with E-state index in [2.05, 4.69) is 5.16 Å². The smallest absolute Gasteiger partial charge is 0.142 e. The zero-order chi connectivity index (χ0) is 13.8. The van der Waals surface area contributed by atoms with E-state index < -0.39 is 5.60 Å². The second-order valence-corrected chi connectivity index (χ2v) is 4.53. The molecule has 0 bridgehead atoms. The molecule has 18 heavy (non-hydrogen) atoms. The van der Waals surface area contributed by atoms with E-state index in [1.165, 1.54) is 5.56 Å². The maximum atomic E-state index is 10.3. The van der Waals surface area contributed by atoms with E-state index >= 15 is 0 Å².